The summed E-state index contributed by atoms with van der Waals surface area (Å²) < 4.78 is 5.76. The number of nitrogens with zero attached hydrogens (tertiary/aromatic N) is 2. The molecule has 0 unspecified atom stereocenters. The van der Waals surface area contributed by atoms with Crippen LogP contribution in [0, 0.1) is 0 Å². The summed E-state index contributed by atoms with van der Waals surface area (Å²) in [5.41, 5.74) is 4.59. The first-order chi connectivity index (χ1) is 10.6. The maximum atomic E-state index is 12.0. The van der Waals surface area contributed by atoms with Crippen molar-refractivity contribution >= 4 is 11.6 Å². The van der Waals surface area contributed by atoms with Gasteiger partial charge in [-0.1, -0.05) is 12.1 Å². The molecule has 1 N–H and O–H groups in total. The van der Waals surface area contributed by atoms with Gasteiger partial charge in [0, 0.05) is 23.5 Å². The molecule has 22 heavy (non-hydrogen) atoms. The van der Waals surface area contributed by atoms with E-state index in [0.717, 1.165) is 11.3 Å². The van der Waals surface area contributed by atoms with Gasteiger partial charge >= 0.3 is 0 Å². The van der Waals surface area contributed by atoms with Crippen LogP contribution in [-0.4, -0.2) is 22.7 Å². The Morgan fingerprint density at radius 1 is 1.18 bits per heavy atom. The fraction of sp³-hybridized carbons (Fsp3) is 0.235. The third kappa shape index (κ3) is 4.15. The first-order valence-corrected chi connectivity index (χ1v) is 7.08. The summed E-state index contributed by atoms with van der Waals surface area (Å²) in [6, 6.07) is 10.9. The molecular formula is C17H19N3O2. The summed E-state index contributed by atoms with van der Waals surface area (Å²) in [7, 11) is 0. The van der Waals surface area contributed by atoms with Crippen LogP contribution in [0.5, 0.6) is 5.75 Å². The first kappa shape index (κ1) is 15.7. The molecule has 0 fully saturated rings. The number of hydrogen-bond donors (Lipinski definition) is 1. The minimum Gasteiger partial charge on any atom is -0.490 e. The molecular weight excluding hydrogens is 278 g/mol. The van der Waals surface area contributed by atoms with Crippen molar-refractivity contribution in [1.82, 2.24) is 10.4 Å². The van der Waals surface area contributed by atoms with Gasteiger partial charge in [-0.3, -0.25) is 9.78 Å². The third-order valence-electron chi connectivity index (χ3n) is 2.91. The Labute approximate surface area is 130 Å². The Morgan fingerprint density at radius 2 is 1.86 bits per heavy atom. The van der Waals surface area contributed by atoms with Crippen molar-refractivity contribution in [1.29, 1.82) is 0 Å². The second kappa shape index (κ2) is 7.36. The summed E-state index contributed by atoms with van der Waals surface area (Å²) in [6.45, 7) is 5.76. The molecule has 0 aliphatic heterocycles. The zero-order chi connectivity index (χ0) is 15.9. The molecule has 0 aliphatic rings. The average Bonchev–Trinajstić information content (AvgIpc) is 2.53. The van der Waals surface area contributed by atoms with Gasteiger partial charge in [0.2, 0.25) is 0 Å². The molecule has 0 radical (unpaired) electrons. The van der Waals surface area contributed by atoms with E-state index in [1.54, 1.807) is 24.5 Å². The highest BCUT2D eigenvalue weighted by molar-refractivity contribution is 6.02. The van der Waals surface area contributed by atoms with Crippen molar-refractivity contribution in [3.63, 3.8) is 0 Å². The van der Waals surface area contributed by atoms with Crippen LogP contribution in [0.1, 0.15) is 36.7 Å². The third-order valence-corrected chi connectivity index (χ3v) is 2.91. The van der Waals surface area contributed by atoms with Crippen LogP contribution in [-0.2, 0) is 0 Å². The number of nitrogens with one attached hydrogen (secondary N) is 1. The number of ether oxygens (including phenoxy) is 1. The second-order valence-corrected chi connectivity index (χ2v) is 5.04. The second-order valence-electron chi connectivity index (χ2n) is 5.04. The number of rotatable bonds is 5. The van der Waals surface area contributed by atoms with Crippen molar-refractivity contribution in [2.75, 3.05) is 0 Å². The van der Waals surface area contributed by atoms with Gasteiger partial charge in [0.25, 0.3) is 5.91 Å². The molecule has 0 bridgehead atoms. The SMILES string of the molecule is C/C(=N\NC(=O)c1ccncc1)c1ccccc1OC(C)C. The molecule has 1 aromatic carbocycles. The molecule has 0 aliphatic carbocycles. The maximum absolute atomic E-state index is 12.0. The van der Waals surface area contributed by atoms with Crippen LogP contribution < -0.4 is 10.2 Å². The predicted octanol–water partition coefficient (Wildman–Crippen LogP) is 3.02. The number of para-hydroxylation sites is 1. The molecule has 2 aromatic rings. The van der Waals surface area contributed by atoms with Gasteiger partial charge in [0.15, 0.2) is 0 Å². The molecule has 0 saturated carbocycles. The monoisotopic (exact) mass is 297 g/mol. The smallest absolute Gasteiger partial charge is 0.271 e. The van der Waals surface area contributed by atoms with Crippen molar-refractivity contribution in [3.05, 3.63) is 59.9 Å². The topological polar surface area (TPSA) is 63.6 Å². The van der Waals surface area contributed by atoms with Gasteiger partial charge in [-0.25, -0.2) is 5.43 Å². The van der Waals surface area contributed by atoms with Gasteiger partial charge < -0.3 is 4.74 Å². The van der Waals surface area contributed by atoms with Gasteiger partial charge in [-0.05, 0) is 45.0 Å². The lowest BCUT2D eigenvalue weighted by Crippen LogP contribution is -2.19. The summed E-state index contributed by atoms with van der Waals surface area (Å²) >= 11 is 0. The number of carbonyl (C=O) groups excluding carboxylic acids is 1. The Morgan fingerprint density at radius 3 is 2.55 bits per heavy atom. The van der Waals surface area contributed by atoms with E-state index in [0.29, 0.717) is 11.3 Å². The summed E-state index contributed by atoms with van der Waals surface area (Å²) in [5, 5.41) is 4.16. The van der Waals surface area contributed by atoms with Crippen LogP contribution in [0.3, 0.4) is 0 Å². The zero-order valence-electron chi connectivity index (χ0n) is 12.9. The van der Waals surface area contributed by atoms with Crippen LogP contribution in [0.4, 0.5) is 0 Å². The predicted molar refractivity (Wildman–Crippen MR) is 86.1 cm³/mol. The summed E-state index contributed by atoms with van der Waals surface area (Å²) in [4.78, 5) is 15.8. The van der Waals surface area contributed by atoms with E-state index in [2.05, 4.69) is 15.5 Å². The number of carbonyl (C=O) groups is 1. The normalized spacial score (nSPS) is 11.4. The highest BCUT2D eigenvalue weighted by Crippen LogP contribution is 2.20. The Kier molecular flexibility index (Phi) is 5.25. The van der Waals surface area contributed by atoms with Gasteiger partial charge in [-0.2, -0.15) is 5.10 Å². The Balaban J connectivity index is 2.14. The van der Waals surface area contributed by atoms with Crippen molar-refractivity contribution in [2.24, 2.45) is 5.10 Å². The van der Waals surface area contributed by atoms with E-state index in [4.69, 9.17) is 4.74 Å². The van der Waals surface area contributed by atoms with Gasteiger partial charge in [-0.15, -0.1) is 0 Å². The average molecular weight is 297 g/mol. The Bertz CT molecular complexity index is 667. The number of amides is 1. The molecule has 0 atom stereocenters. The van der Waals surface area contributed by atoms with Crippen LogP contribution in [0.2, 0.25) is 0 Å². The molecule has 5 nitrogen and oxygen atoms in total. The lowest BCUT2D eigenvalue weighted by molar-refractivity contribution is 0.0954. The lowest BCUT2D eigenvalue weighted by Gasteiger charge is -2.13. The van der Waals surface area contributed by atoms with E-state index in [1.165, 1.54) is 0 Å². The summed E-state index contributed by atoms with van der Waals surface area (Å²) in [6.07, 6.45) is 3.20. The molecule has 2 rings (SSSR count). The van der Waals surface area contributed by atoms with Crippen molar-refractivity contribution < 1.29 is 9.53 Å². The number of aromatic nitrogens is 1. The Hall–Kier alpha value is -2.69. The molecule has 0 spiro atoms. The largest absolute Gasteiger partial charge is 0.490 e. The van der Waals surface area contributed by atoms with E-state index in [1.807, 2.05) is 45.0 Å². The van der Waals surface area contributed by atoms with E-state index in [-0.39, 0.29) is 12.0 Å². The highest BCUT2D eigenvalue weighted by atomic mass is 16.5. The van der Waals surface area contributed by atoms with Gasteiger partial charge in [0.05, 0.1) is 11.8 Å². The quantitative estimate of drug-likeness (QED) is 0.681. The number of hydrogen-bond acceptors (Lipinski definition) is 4. The number of pyridine rings is 1. The minimum absolute atomic E-state index is 0.0698. The van der Waals surface area contributed by atoms with Crippen LogP contribution >= 0.6 is 0 Å². The van der Waals surface area contributed by atoms with Gasteiger partial charge in [0.1, 0.15) is 5.75 Å². The van der Waals surface area contributed by atoms with Crippen molar-refractivity contribution in [2.45, 2.75) is 26.9 Å². The lowest BCUT2D eigenvalue weighted by atomic mass is 10.1. The maximum Gasteiger partial charge on any atom is 0.271 e. The molecule has 114 valence electrons. The van der Waals surface area contributed by atoms with E-state index < -0.39 is 0 Å². The highest BCUT2D eigenvalue weighted by Gasteiger charge is 2.09. The van der Waals surface area contributed by atoms with E-state index in [9.17, 15) is 4.79 Å². The summed E-state index contributed by atoms with van der Waals surface area (Å²) in [5.74, 6) is 0.473. The van der Waals surface area contributed by atoms with Crippen LogP contribution in [0.25, 0.3) is 0 Å². The minimum atomic E-state index is -0.274. The van der Waals surface area contributed by atoms with E-state index >= 15 is 0 Å². The molecule has 1 aromatic heterocycles. The zero-order valence-corrected chi connectivity index (χ0v) is 12.9. The number of benzene rings is 1. The fourth-order valence-electron chi connectivity index (χ4n) is 1.88. The first-order valence-electron chi connectivity index (χ1n) is 7.08. The van der Waals surface area contributed by atoms with Crippen molar-refractivity contribution in [3.8, 4) is 5.75 Å². The van der Waals surface area contributed by atoms with Crippen LogP contribution in [0.15, 0.2) is 53.9 Å². The standard InChI is InChI=1S/C17H19N3O2/c1-12(2)22-16-7-5-4-6-15(16)13(3)19-20-17(21)14-8-10-18-11-9-14/h4-12H,1-3H3,(H,20,21)/b19-13+. The fourth-order valence-corrected chi connectivity index (χ4v) is 1.88. The number of hydrazone groups is 1. The molecule has 1 amide bonds. The molecule has 0 saturated heterocycles. The molecule has 5 heteroatoms. The molecule has 1 heterocycles.